The Balaban J connectivity index is 0.000000364. The summed E-state index contributed by atoms with van der Waals surface area (Å²) in [5.74, 6) is -0.742. The van der Waals surface area contributed by atoms with Crippen LogP contribution in [0.1, 0.15) is 12.5 Å². The molecule has 182 valence electrons. The number of hydrogen-bond donors (Lipinski definition) is 3. The Morgan fingerprint density at radius 2 is 1.74 bits per heavy atom. The number of halogens is 3. The van der Waals surface area contributed by atoms with Gasteiger partial charge in [-0.05, 0) is 49.4 Å². The molecule has 0 spiro atoms. The van der Waals surface area contributed by atoms with Crippen molar-refractivity contribution in [2.75, 3.05) is 18.8 Å². The molecule has 2 aromatic carbocycles. The van der Waals surface area contributed by atoms with Crippen molar-refractivity contribution in [3.05, 3.63) is 60.9 Å². The van der Waals surface area contributed by atoms with Gasteiger partial charge >= 0.3 is 12.1 Å². The molecule has 35 heavy (non-hydrogen) atoms. The standard InChI is InChI=1S/C21H20N6O.C2HF3O2/c22-20-18-19(26-27(15-10-11-23-12-15)21(18)25-13-24-20)14-6-8-17(9-7-14)28-16-4-2-1-3-5-16;3-2(4,5)1(6)7/h1-9,13,15,23H,10-12H2,(H2,22,24,25);(H,6,7). The summed E-state index contributed by atoms with van der Waals surface area (Å²) in [6, 6.07) is 17.8. The van der Waals surface area contributed by atoms with Gasteiger partial charge in [0.05, 0.1) is 11.4 Å². The minimum absolute atomic E-state index is 0.270. The SMILES string of the molecule is Nc1ncnc2c1c(-c1ccc(Oc3ccccc3)cc1)nn2C1CCNC1.O=C(O)C(F)(F)F. The Kier molecular flexibility index (Phi) is 6.82. The number of fused-ring (bicyclic) bond motifs is 1. The number of aliphatic carboxylic acids is 1. The van der Waals surface area contributed by atoms with Crippen LogP contribution in [-0.2, 0) is 4.79 Å². The number of benzene rings is 2. The molecule has 0 saturated carbocycles. The lowest BCUT2D eigenvalue weighted by Crippen LogP contribution is -2.21. The first-order valence-corrected chi connectivity index (χ1v) is 10.6. The summed E-state index contributed by atoms with van der Waals surface area (Å²) >= 11 is 0. The number of anilines is 1. The van der Waals surface area contributed by atoms with Crippen LogP contribution >= 0.6 is 0 Å². The number of nitrogens with one attached hydrogen (secondary N) is 1. The smallest absolute Gasteiger partial charge is 0.475 e. The highest BCUT2D eigenvalue weighted by molar-refractivity contribution is 5.98. The molecule has 1 unspecified atom stereocenters. The van der Waals surface area contributed by atoms with E-state index in [-0.39, 0.29) is 6.04 Å². The molecule has 9 nitrogen and oxygen atoms in total. The first kappa shape index (κ1) is 24.0. The lowest BCUT2D eigenvalue weighted by Gasteiger charge is -2.09. The second-order valence-electron chi connectivity index (χ2n) is 7.64. The predicted octanol–water partition coefficient (Wildman–Crippen LogP) is 4.04. The number of carboxylic acids is 1. The number of para-hydroxylation sites is 1. The molecule has 3 heterocycles. The number of ether oxygens (including phenoxy) is 1. The number of aromatic nitrogens is 4. The van der Waals surface area contributed by atoms with Crippen molar-refractivity contribution in [2.24, 2.45) is 0 Å². The van der Waals surface area contributed by atoms with Gasteiger partial charge in [0.15, 0.2) is 5.65 Å². The van der Waals surface area contributed by atoms with Crippen molar-refractivity contribution < 1.29 is 27.8 Å². The van der Waals surface area contributed by atoms with Crippen molar-refractivity contribution in [1.29, 1.82) is 0 Å². The van der Waals surface area contributed by atoms with E-state index in [1.807, 2.05) is 59.3 Å². The Labute approximate surface area is 197 Å². The second kappa shape index (κ2) is 9.97. The fraction of sp³-hybridized carbons (Fsp3) is 0.217. The number of carbonyl (C=O) groups is 1. The van der Waals surface area contributed by atoms with Gasteiger partial charge in [0.1, 0.15) is 29.3 Å². The first-order valence-electron chi connectivity index (χ1n) is 10.6. The fourth-order valence-corrected chi connectivity index (χ4v) is 3.61. The Morgan fingerprint density at radius 3 is 2.34 bits per heavy atom. The van der Waals surface area contributed by atoms with Gasteiger partial charge in [-0.3, -0.25) is 0 Å². The monoisotopic (exact) mass is 486 g/mol. The van der Waals surface area contributed by atoms with Gasteiger partial charge in [-0.15, -0.1) is 0 Å². The van der Waals surface area contributed by atoms with Gasteiger partial charge in [-0.25, -0.2) is 19.4 Å². The van der Waals surface area contributed by atoms with Gasteiger partial charge in [-0.2, -0.15) is 18.3 Å². The molecule has 4 N–H and O–H groups in total. The molecule has 12 heteroatoms. The van der Waals surface area contributed by atoms with E-state index in [2.05, 4.69) is 15.3 Å². The molecule has 2 aromatic heterocycles. The zero-order valence-electron chi connectivity index (χ0n) is 18.2. The summed E-state index contributed by atoms with van der Waals surface area (Å²) < 4.78 is 39.6. The van der Waals surface area contributed by atoms with Crippen LogP contribution in [0.3, 0.4) is 0 Å². The van der Waals surface area contributed by atoms with Crippen molar-refractivity contribution in [1.82, 2.24) is 25.1 Å². The molecule has 1 aliphatic heterocycles. The molecule has 0 amide bonds. The maximum atomic E-state index is 10.6. The lowest BCUT2D eigenvalue weighted by molar-refractivity contribution is -0.192. The largest absolute Gasteiger partial charge is 0.490 e. The molecule has 0 bridgehead atoms. The number of nitrogens with zero attached hydrogens (tertiary/aromatic N) is 4. The summed E-state index contributed by atoms with van der Waals surface area (Å²) in [7, 11) is 0. The predicted molar refractivity (Wildman–Crippen MR) is 122 cm³/mol. The summed E-state index contributed by atoms with van der Waals surface area (Å²) in [5.41, 5.74) is 8.72. The van der Waals surface area contributed by atoms with Gasteiger partial charge in [0.2, 0.25) is 0 Å². The van der Waals surface area contributed by atoms with Crippen LogP contribution in [0.25, 0.3) is 22.3 Å². The zero-order valence-corrected chi connectivity index (χ0v) is 18.2. The van der Waals surface area contributed by atoms with Crippen molar-refractivity contribution in [3.63, 3.8) is 0 Å². The normalized spacial score (nSPS) is 15.5. The molecule has 1 atom stereocenters. The van der Waals surface area contributed by atoms with Gasteiger partial charge in [0.25, 0.3) is 0 Å². The third kappa shape index (κ3) is 5.49. The zero-order chi connectivity index (χ0) is 25.0. The first-order chi connectivity index (χ1) is 16.7. The van der Waals surface area contributed by atoms with Crippen LogP contribution in [0.15, 0.2) is 60.9 Å². The summed E-state index contributed by atoms with van der Waals surface area (Å²) in [4.78, 5) is 17.5. The number of nitrogen functional groups attached to an aromatic ring is 1. The van der Waals surface area contributed by atoms with Gasteiger partial charge in [-0.1, -0.05) is 18.2 Å². The molecule has 5 rings (SSSR count). The fourth-order valence-electron chi connectivity index (χ4n) is 3.61. The molecule has 1 saturated heterocycles. The number of nitrogens with two attached hydrogens (primary N) is 1. The number of rotatable bonds is 4. The molecule has 0 radical (unpaired) electrons. The van der Waals surface area contributed by atoms with Crippen LogP contribution in [0.5, 0.6) is 11.5 Å². The molecule has 1 fully saturated rings. The highest BCUT2D eigenvalue weighted by Gasteiger charge is 2.38. The van der Waals surface area contributed by atoms with Gasteiger partial charge < -0.3 is 20.9 Å². The van der Waals surface area contributed by atoms with E-state index in [9.17, 15) is 13.2 Å². The van der Waals surface area contributed by atoms with E-state index in [0.717, 1.165) is 53.3 Å². The Morgan fingerprint density at radius 1 is 1.09 bits per heavy atom. The van der Waals surface area contributed by atoms with Crippen molar-refractivity contribution in [3.8, 4) is 22.8 Å². The van der Waals surface area contributed by atoms with Gasteiger partial charge in [0, 0.05) is 12.1 Å². The van der Waals surface area contributed by atoms with E-state index in [1.54, 1.807) is 0 Å². The number of hydrogen-bond acceptors (Lipinski definition) is 7. The van der Waals surface area contributed by atoms with Crippen LogP contribution in [-0.4, -0.2) is 50.1 Å². The highest BCUT2D eigenvalue weighted by Crippen LogP contribution is 2.34. The van der Waals surface area contributed by atoms with Crippen molar-refractivity contribution in [2.45, 2.75) is 18.6 Å². The minimum Gasteiger partial charge on any atom is -0.475 e. The molecular formula is C23H21F3N6O3. The maximum Gasteiger partial charge on any atom is 0.490 e. The molecular weight excluding hydrogens is 465 g/mol. The van der Waals surface area contributed by atoms with E-state index in [0.29, 0.717) is 5.82 Å². The molecule has 1 aliphatic rings. The topological polar surface area (TPSA) is 128 Å². The van der Waals surface area contributed by atoms with E-state index < -0.39 is 12.1 Å². The van der Waals surface area contributed by atoms with Crippen molar-refractivity contribution >= 4 is 22.8 Å². The Hall–Kier alpha value is -4.19. The quantitative estimate of drug-likeness (QED) is 0.394. The average molecular weight is 486 g/mol. The third-order valence-electron chi connectivity index (χ3n) is 5.25. The Bertz CT molecular complexity index is 1300. The summed E-state index contributed by atoms with van der Waals surface area (Å²) in [5, 5.41) is 16.2. The molecule has 0 aliphatic carbocycles. The molecule has 4 aromatic rings. The third-order valence-corrected chi connectivity index (χ3v) is 5.25. The van der Waals surface area contributed by atoms with E-state index >= 15 is 0 Å². The summed E-state index contributed by atoms with van der Waals surface area (Å²) in [6.07, 6.45) is -2.57. The second-order valence-corrected chi connectivity index (χ2v) is 7.64. The van der Waals surface area contributed by atoms with Crippen LogP contribution in [0.2, 0.25) is 0 Å². The maximum absolute atomic E-state index is 10.6. The number of alkyl halides is 3. The highest BCUT2D eigenvalue weighted by atomic mass is 19.4. The number of carboxylic acid groups (broad SMARTS) is 1. The average Bonchev–Trinajstić information content (AvgIpc) is 3.49. The lowest BCUT2D eigenvalue weighted by atomic mass is 10.1. The minimum atomic E-state index is -5.08. The summed E-state index contributed by atoms with van der Waals surface area (Å²) in [6.45, 7) is 1.86. The van der Waals surface area contributed by atoms with E-state index in [4.69, 9.17) is 25.5 Å². The van der Waals surface area contributed by atoms with Crippen LogP contribution in [0.4, 0.5) is 19.0 Å². The van der Waals surface area contributed by atoms with Crippen LogP contribution in [0, 0.1) is 0 Å². The van der Waals surface area contributed by atoms with E-state index in [1.165, 1.54) is 6.33 Å². The van der Waals surface area contributed by atoms with Crippen LogP contribution < -0.4 is 15.8 Å².